The minimum Gasteiger partial charge on any atom is -0.462 e. The molecule has 1 saturated carbocycles. The molecule has 176 valence electrons. The Morgan fingerprint density at radius 2 is 1.52 bits per heavy atom. The zero-order chi connectivity index (χ0) is 23.8. The van der Waals surface area contributed by atoms with Gasteiger partial charge in [0.05, 0.1) is 12.8 Å². The number of ketones is 1. The molecule has 0 aliphatic heterocycles. The summed E-state index contributed by atoms with van der Waals surface area (Å²) in [5.74, 6) is 0.131. The Morgan fingerprint density at radius 1 is 0.879 bits per heavy atom. The highest BCUT2D eigenvalue weighted by Gasteiger charge is 2.33. The molecule has 0 heterocycles. The van der Waals surface area contributed by atoms with Crippen LogP contribution in [0, 0.1) is 17.8 Å². The highest BCUT2D eigenvalue weighted by Crippen LogP contribution is 2.35. The van der Waals surface area contributed by atoms with Crippen LogP contribution in [-0.2, 0) is 19.1 Å². The second-order valence-corrected chi connectivity index (χ2v) is 9.38. The third kappa shape index (κ3) is 7.28. The lowest BCUT2D eigenvalue weighted by atomic mass is 9.75. The molecule has 1 fully saturated rings. The van der Waals surface area contributed by atoms with Crippen molar-refractivity contribution in [2.24, 2.45) is 17.8 Å². The van der Waals surface area contributed by atoms with Crippen molar-refractivity contribution < 1.29 is 23.9 Å². The summed E-state index contributed by atoms with van der Waals surface area (Å²) in [6.45, 7) is 6.16. The van der Waals surface area contributed by atoms with Gasteiger partial charge in [-0.05, 0) is 41.7 Å². The van der Waals surface area contributed by atoms with Crippen molar-refractivity contribution in [2.45, 2.75) is 59.0 Å². The third-order valence-electron chi connectivity index (χ3n) is 6.46. The fourth-order valence-electron chi connectivity index (χ4n) is 4.46. The van der Waals surface area contributed by atoms with E-state index in [1.165, 1.54) is 0 Å². The topological polar surface area (TPSA) is 69.7 Å². The monoisotopic (exact) mass is 450 g/mol. The maximum atomic E-state index is 12.4. The first-order chi connectivity index (χ1) is 15.8. The van der Waals surface area contributed by atoms with Gasteiger partial charge in [0.1, 0.15) is 6.10 Å². The van der Waals surface area contributed by atoms with Crippen LogP contribution in [0.1, 0.15) is 63.2 Å². The predicted octanol–water partition coefficient (Wildman–Crippen LogP) is 5.86. The van der Waals surface area contributed by atoms with Gasteiger partial charge in [-0.2, -0.15) is 0 Å². The number of carbonyl (C=O) groups is 3. The Labute approximate surface area is 196 Å². The van der Waals surface area contributed by atoms with E-state index in [1.807, 2.05) is 42.5 Å². The van der Waals surface area contributed by atoms with Gasteiger partial charge < -0.3 is 9.47 Å². The molecule has 3 atom stereocenters. The molecule has 0 bridgehead atoms. The van der Waals surface area contributed by atoms with Crippen molar-refractivity contribution in [1.82, 2.24) is 0 Å². The van der Waals surface area contributed by atoms with E-state index in [2.05, 4.69) is 20.8 Å². The van der Waals surface area contributed by atoms with Gasteiger partial charge in [0, 0.05) is 5.56 Å². The highest BCUT2D eigenvalue weighted by atomic mass is 16.5. The number of benzene rings is 2. The third-order valence-corrected chi connectivity index (χ3v) is 6.46. The molecule has 0 radical (unpaired) electrons. The van der Waals surface area contributed by atoms with E-state index >= 15 is 0 Å². The maximum Gasteiger partial charge on any atom is 0.306 e. The molecule has 0 aromatic heterocycles. The number of hydrogen-bond acceptors (Lipinski definition) is 5. The first-order valence-corrected chi connectivity index (χ1v) is 11.9. The lowest BCUT2D eigenvalue weighted by Gasteiger charge is -2.36. The predicted molar refractivity (Wildman–Crippen MR) is 128 cm³/mol. The van der Waals surface area contributed by atoms with E-state index in [1.54, 1.807) is 12.1 Å². The van der Waals surface area contributed by atoms with Crippen molar-refractivity contribution in [2.75, 3.05) is 6.61 Å². The minimum atomic E-state index is -0.571. The largest absolute Gasteiger partial charge is 0.462 e. The molecule has 3 rings (SSSR count). The number of esters is 2. The maximum absolute atomic E-state index is 12.4. The Hall–Kier alpha value is -2.95. The summed E-state index contributed by atoms with van der Waals surface area (Å²) >= 11 is 0. The summed E-state index contributed by atoms with van der Waals surface area (Å²) in [4.78, 5) is 36.7. The van der Waals surface area contributed by atoms with Crippen LogP contribution in [0.2, 0.25) is 0 Å². The molecular formula is C28H34O5. The van der Waals surface area contributed by atoms with Crippen molar-refractivity contribution in [3.63, 3.8) is 0 Å². The molecule has 1 aliphatic carbocycles. The van der Waals surface area contributed by atoms with Crippen LogP contribution in [0.3, 0.4) is 0 Å². The average molecular weight is 451 g/mol. The molecule has 5 nitrogen and oxygen atoms in total. The van der Waals surface area contributed by atoms with E-state index in [9.17, 15) is 14.4 Å². The van der Waals surface area contributed by atoms with Gasteiger partial charge in [-0.3, -0.25) is 14.4 Å². The minimum absolute atomic E-state index is 0.0332. The molecule has 33 heavy (non-hydrogen) atoms. The van der Waals surface area contributed by atoms with E-state index < -0.39 is 5.97 Å². The molecule has 0 spiro atoms. The van der Waals surface area contributed by atoms with E-state index in [4.69, 9.17) is 9.47 Å². The second-order valence-electron chi connectivity index (χ2n) is 9.38. The number of rotatable bonds is 9. The molecule has 0 saturated heterocycles. The number of carbonyl (C=O) groups excluding carboxylic acids is 3. The summed E-state index contributed by atoms with van der Waals surface area (Å²) < 4.78 is 10.8. The van der Waals surface area contributed by atoms with E-state index in [0.29, 0.717) is 23.3 Å². The fourth-order valence-corrected chi connectivity index (χ4v) is 4.46. The Morgan fingerprint density at radius 3 is 2.18 bits per heavy atom. The second kappa shape index (κ2) is 11.8. The average Bonchev–Trinajstić information content (AvgIpc) is 2.81. The fraction of sp³-hybridized carbons (Fsp3) is 0.464. The quantitative estimate of drug-likeness (QED) is 0.353. The zero-order valence-corrected chi connectivity index (χ0v) is 19.8. The van der Waals surface area contributed by atoms with Gasteiger partial charge in [0.15, 0.2) is 12.4 Å². The van der Waals surface area contributed by atoms with Crippen molar-refractivity contribution in [3.8, 4) is 11.1 Å². The van der Waals surface area contributed by atoms with Crippen LogP contribution in [0.15, 0.2) is 54.6 Å². The van der Waals surface area contributed by atoms with Crippen LogP contribution in [0.25, 0.3) is 11.1 Å². The number of hydrogen-bond donors (Lipinski definition) is 0. The van der Waals surface area contributed by atoms with E-state index in [-0.39, 0.29) is 37.3 Å². The first kappa shape index (κ1) is 24.7. The highest BCUT2D eigenvalue weighted by molar-refractivity contribution is 5.98. The standard InChI is InChI=1S/C28H34O5/c1-19(2)24-14-9-20(3)17-26(24)33-28(31)16-15-27(30)32-18-25(29)23-12-10-22(11-13-23)21-7-5-4-6-8-21/h4-8,10-13,19-20,24,26H,9,14-18H2,1-3H3/t20-,24+,26+/m0/s1. The van der Waals surface area contributed by atoms with Gasteiger partial charge >= 0.3 is 11.9 Å². The normalized spacial score (nSPS) is 20.3. The van der Waals surface area contributed by atoms with Crippen LogP contribution in [-0.4, -0.2) is 30.4 Å². The van der Waals surface area contributed by atoms with Gasteiger partial charge in [-0.1, -0.05) is 81.8 Å². The first-order valence-electron chi connectivity index (χ1n) is 11.9. The molecule has 1 aliphatic rings. The molecule has 0 unspecified atom stereocenters. The summed E-state index contributed by atoms with van der Waals surface area (Å²) in [5.41, 5.74) is 2.56. The number of Topliss-reactive ketones (excluding diaryl/α,β-unsaturated/α-hetero) is 1. The molecule has 5 heteroatoms. The molecule has 2 aromatic carbocycles. The number of ether oxygens (including phenoxy) is 2. The van der Waals surface area contributed by atoms with Crippen molar-refractivity contribution in [1.29, 1.82) is 0 Å². The summed E-state index contributed by atoms with van der Waals surface area (Å²) in [7, 11) is 0. The van der Waals surface area contributed by atoms with Crippen LogP contribution in [0.4, 0.5) is 0 Å². The van der Waals surface area contributed by atoms with Crippen LogP contribution in [0.5, 0.6) is 0 Å². The van der Waals surface area contributed by atoms with Gasteiger partial charge in [-0.15, -0.1) is 0 Å². The Bertz CT molecular complexity index is 933. The van der Waals surface area contributed by atoms with Gasteiger partial charge in [-0.25, -0.2) is 0 Å². The van der Waals surface area contributed by atoms with Crippen LogP contribution < -0.4 is 0 Å². The van der Waals surface area contributed by atoms with Crippen molar-refractivity contribution >= 4 is 17.7 Å². The Balaban J connectivity index is 1.41. The molecule has 0 amide bonds. The van der Waals surface area contributed by atoms with Crippen molar-refractivity contribution in [3.05, 3.63) is 60.2 Å². The summed E-state index contributed by atoms with van der Waals surface area (Å²) in [5, 5.41) is 0. The van der Waals surface area contributed by atoms with Gasteiger partial charge in [0.2, 0.25) is 0 Å². The lowest BCUT2D eigenvalue weighted by Crippen LogP contribution is -2.36. The SMILES string of the molecule is CC(C)[C@H]1CC[C@H](C)C[C@H]1OC(=O)CCC(=O)OCC(=O)c1ccc(-c2ccccc2)cc1. The molecule has 0 N–H and O–H groups in total. The van der Waals surface area contributed by atoms with Gasteiger partial charge in [0.25, 0.3) is 0 Å². The van der Waals surface area contributed by atoms with Crippen LogP contribution >= 0.6 is 0 Å². The lowest BCUT2D eigenvalue weighted by molar-refractivity contribution is -0.158. The molecular weight excluding hydrogens is 416 g/mol. The smallest absolute Gasteiger partial charge is 0.306 e. The van der Waals surface area contributed by atoms with E-state index in [0.717, 1.165) is 30.4 Å². The Kier molecular flexibility index (Phi) is 8.81. The summed E-state index contributed by atoms with van der Waals surface area (Å²) in [6.07, 6.45) is 2.89. The zero-order valence-electron chi connectivity index (χ0n) is 19.8. The molecule has 2 aromatic rings. The summed E-state index contributed by atoms with van der Waals surface area (Å²) in [6, 6.07) is 17.1.